The van der Waals surface area contributed by atoms with Crippen LogP contribution < -0.4 is 10.6 Å². The molecule has 10 nitrogen and oxygen atoms in total. The highest BCUT2D eigenvalue weighted by Gasteiger charge is 2.32. The fraction of sp³-hybridized carbons (Fsp3) is 0.320. The number of halogens is 3. The van der Waals surface area contributed by atoms with E-state index < -0.39 is 11.9 Å². The Morgan fingerprint density at radius 1 is 1.11 bits per heavy atom. The third-order valence-electron chi connectivity index (χ3n) is 6.16. The van der Waals surface area contributed by atoms with E-state index in [0.29, 0.717) is 48.6 Å². The minimum Gasteiger partial charge on any atom is -0.393 e. The topological polar surface area (TPSA) is 121 Å². The van der Waals surface area contributed by atoms with E-state index in [4.69, 9.17) is 0 Å². The normalized spacial score (nSPS) is 15.1. The number of aliphatic hydroxyl groups is 1. The Labute approximate surface area is 215 Å². The number of carbonyl (C=O) groups excluding carboxylic acids is 1. The van der Waals surface area contributed by atoms with Crippen molar-refractivity contribution in [1.29, 1.82) is 0 Å². The van der Waals surface area contributed by atoms with Crippen LogP contribution in [0, 0.1) is 0 Å². The molecule has 4 aromatic heterocycles. The van der Waals surface area contributed by atoms with Crippen LogP contribution in [0.15, 0.2) is 54.9 Å². The van der Waals surface area contributed by atoms with Crippen molar-refractivity contribution in [2.75, 3.05) is 30.3 Å². The lowest BCUT2D eigenvalue weighted by molar-refractivity contribution is -0.141. The zero-order chi connectivity index (χ0) is 26.7. The Balaban J connectivity index is 1.31. The molecular formula is C25H25F3N8O2. The van der Waals surface area contributed by atoms with Crippen LogP contribution in [0.25, 0.3) is 17.0 Å². The summed E-state index contributed by atoms with van der Waals surface area (Å²) in [5.41, 5.74) is 0.0947. The predicted molar refractivity (Wildman–Crippen MR) is 134 cm³/mol. The quantitative estimate of drug-likeness (QED) is 0.333. The molecule has 1 amide bonds. The van der Waals surface area contributed by atoms with Crippen molar-refractivity contribution in [2.24, 2.45) is 0 Å². The van der Waals surface area contributed by atoms with Crippen molar-refractivity contribution in [3.63, 3.8) is 0 Å². The number of hydrogen-bond donors (Lipinski definition) is 3. The SMILES string of the molecule is O=C(CCN1CCC(O)CC1)Nc1cc(Nc2nc(-c3cccc(C(F)(F)F)n3)nn3cccc23)ccn1. The van der Waals surface area contributed by atoms with Gasteiger partial charge in [0.05, 0.1) is 6.10 Å². The summed E-state index contributed by atoms with van der Waals surface area (Å²) in [4.78, 5) is 26.9. The molecule has 0 aliphatic carbocycles. The van der Waals surface area contributed by atoms with Crippen LogP contribution in [0.3, 0.4) is 0 Å². The van der Waals surface area contributed by atoms with Gasteiger partial charge in [-0.3, -0.25) is 4.79 Å². The highest BCUT2D eigenvalue weighted by Crippen LogP contribution is 2.29. The van der Waals surface area contributed by atoms with Crippen LogP contribution in [0.4, 0.5) is 30.5 Å². The van der Waals surface area contributed by atoms with E-state index in [1.807, 2.05) is 0 Å². The van der Waals surface area contributed by atoms with E-state index in [-0.39, 0.29) is 23.5 Å². The highest BCUT2D eigenvalue weighted by molar-refractivity contribution is 5.90. The monoisotopic (exact) mass is 526 g/mol. The summed E-state index contributed by atoms with van der Waals surface area (Å²) in [6.07, 6.45) is 0.0270. The summed E-state index contributed by atoms with van der Waals surface area (Å²) in [5.74, 6) is 0.508. The molecule has 3 N–H and O–H groups in total. The lowest BCUT2D eigenvalue weighted by Gasteiger charge is -2.29. The zero-order valence-corrected chi connectivity index (χ0v) is 20.2. The van der Waals surface area contributed by atoms with Gasteiger partial charge in [0.25, 0.3) is 0 Å². The Morgan fingerprint density at radius 2 is 1.92 bits per heavy atom. The molecule has 0 spiro atoms. The summed E-state index contributed by atoms with van der Waals surface area (Å²) in [6.45, 7) is 2.12. The van der Waals surface area contributed by atoms with Crippen molar-refractivity contribution in [3.8, 4) is 11.5 Å². The van der Waals surface area contributed by atoms with Gasteiger partial charge in [0.1, 0.15) is 22.7 Å². The number of rotatable bonds is 7. The Hall–Kier alpha value is -4.10. The summed E-state index contributed by atoms with van der Waals surface area (Å²) >= 11 is 0. The molecule has 198 valence electrons. The van der Waals surface area contributed by atoms with E-state index in [0.717, 1.165) is 19.2 Å². The second-order valence-corrected chi connectivity index (χ2v) is 8.95. The first kappa shape index (κ1) is 25.5. The predicted octanol–water partition coefficient (Wildman–Crippen LogP) is 3.73. The third-order valence-corrected chi connectivity index (χ3v) is 6.16. The number of nitrogens with zero attached hydrogens (tertiary/aromatic N) is 6. The number of hydrogen-bond acceptors (Lipinski definition) is 8. The minimum absolute atomic E-state index is 0.00936. The first-order valence-electron chi connectivity index (χ1n) is 12.1. The maximum absolute atomic E-state index is 13.2. The van der Waals surface area contributed by atoms with Crippen molar-refractivity contribution < 1.29 is 23.1 Å². The fourth-order valence-corrected chi connectivity index (χ4v) is 4.17. The van der Waals surface area contributed by atoms with Crippen LogP contribution in [0.1, 0.15) is 25.0 Å². The van der Waals surface area contributed by atoms with Gasteiger partial charge >= 0.3 is 6.18 Å². The van der Waals surface area contributed by atoms with Crippen LogP contribution in [-0.4, -0.2) is 66.2 Å². The van der Waals surface area contributed by atoms with Gasteiger partial charge in [0.2, 0.25) is 11.7 Å². The summed E-state index contributed by atoms with van der Waals surface area (Å²) in [6, 6.07) is 10.4. The van der Waals surface area contributed by atoms with Gasteiger partial charge in [0.15, 0.2) is 5.82 Å². The van der Waals surface area contributed by atoms with Gasteiger partial charge < -0.3 is 20.6 Å². The van der Waals surface area contributed by atoms with Crippen LogP contribution in [0.2, 0.25) is 0 Å². The number of amides is 1. The van der Waals surface area contributed by atoms with Gasteiger partial charge in [-0.05, 0) is 43.2 Å². The molecule has 1 aliphatic heterocycles. The van der Waals surface area contributed by atoms with Crippen LogP contribution in [-0.2, 0) is 11.0 Å². The summed E-state index contributed by atoms with van der Waals surface area (Å²) < 4.78 is 41.0. The Kier molecular flexibility index (Phi) is 7.20. The number of nitrogens with one attached hydrogen (secondary N) is 2. The maximum atomic E-state index is 13.2. The number of aromatic nitrogens is 5. The van der Waals surface area contributed by atoms with Crippen LogP contribution >= 0.6 is 0 Å². The molecule has 5 rings (SSSR count). The first-order chi connectivity index (χ1) is 18.2. The molecule has 13 heteroatoms. The number of likely N-dealkylation sites (tertiary alicyclic amines) is 1. The average molecular weight is 527 g/mol. The molecule has 0 bridgehead atoms. The number of carbonyl (C=O) groups is 1. The molecule has 0 atom stereocenters. The first-order valence-corrected chi connectivity index (χ1v) is 12.1. The molecule has 5 heterocycles. The third kappa shape index (κ3) is 6.06. The number of aliphatic hydroxyl groups excluding tert-OH is 1. The van der Waals surface area contributed by atoms with E-state index >= 15 is 0 Å². The minimum atomic E-state index is -4.59. The molecule has 0 saturated carbocycles. The van der Waals surface area contributed by atoms with E-state index in [1.54, 1.807) is 30.5 Å². The van der Waals surface area contributed by atoms with E-state index in [9.17, 15) is 23.1 Å². The largest absolute Gasteiger partial charge is 0.433 e. The van der Waals surface area contributed by atoms with E-state index in [1.165, 1.54) is 22.8 Å². The summed E-state index contributed by atoms with van der Waals surface area (Å²) in [7, 11) is 0. The highest BCUT2D eigenvalue weighted by atomic mass is 19.4. The van der Waals surface area contributed by atoms with Crippen molar-refractivity contribution in [1.82, 2.24) is 29.5 Å². The van der Waals surface area contributed by atoms with Crippen molar-refractivity contribution in [2.45, 2.75) is 31.5 Å². The average Bonchev–Trinajstić information content (AvgIpc) is 3.37. The van der Waals surface area contributed by atoms with Gasteiger partial charge in [-0.25, -0.2) is 19.5 Å². The van der Waals surface area contributed by atoms with Crippen LogP contribution in [0.5, 0.6) is 0 Å². The lowest BCUT2D eigenvalue weighted by atomic mass is 10.1. The molecule has 1 aliphatic rings. The van der Waals surface area contributed by atoms with Gasteiger partial charge in [-0.1, -0.05) is 6.07 Å². The van der Waals surface area contributed by atoms with Crippen molar-refractivity contribution >= 4 is 28.7 Å². The molecule has 1 fully saturated rings. The molecular weight excluding hydrogens is 501 g/mol. The van der Waals surface area contributed by atoms with Gasteiger partial charge in [-0.15, -0.1) is 5.10 Å². The zero-order valence-electron chi connectivity index (χ0n) is 20.2. The number of piperidine rings is 1. The standard InChI is InChI=1S/C25H25F3N8O2/c26-25(27,28)20-5-1-3-18(31-20)23-33-24(19-4-2-11-36(19)34-23)30-16-6-10-29-21(15-16)32-22(38)9-14-35-12-7-17(37)8-13-35/h1-6,10-11,15,17,37H,7-9,12-14H2,(H2,29,30,32,33,34,38). The second-order valence-electron chi connectivity index (χ2n) is 8.95. The van der Waals surface area contributed by atoms with Gasteiger partial charge in [-0.2, -0.15) is 13.2 Å². The van der Waals surface area contributed by atoms with Crippen molar-refractivity contribution in [3.05, 3.63) is 60.6 Å². The second kappa shape index (κ2) is 10.7. The molecule has 1 saturated heterocycles. The Morgan fingerprint density at radius 3 is 2.71 bits per heavy atom. The van der Waals surface area contributed by atoms with Gasteiger partial charge in [0, 0.05) is 50.2 Å². The number of pyridine rings is 2. The fourth-order valence-electron chi connectivity index (χ4n) is 4.17. The molecule has 38 heavy (non-hydrogen) atoms. The van der Waals surface area contributed by atoms with E-state index in [2.05, 4.69) is 35.6 Å². The molecule has 4 aromatic rings. The smallest absolute Gasteiger partial charge is 0.393 e. The number of alkyl halides is 3. The maximum Gasteiger partial charge on any atom is 0.433 e. The number of fused-ring (bicyclic) bond motifs is 1. The lowest BCUT2D eigenvalue weighted by Crippen LogP contribution is -2.37. The number of anilines is 3. The molecule has 0 aromatic carbocycles. The Bertz CT molecular complexity index is 1430. The summed E-state index contributed by atoms with van der Waals surface area (Å²) in [5, 5.41) is 19.8. The molecule has 0 unspecified atom stereocenters. The molecule has 0 radical (unpaired) electrons.